The molecule has 1 N–H and O–H groups in total. The van der Waals surface area contributed by atoms with Crippen LogP contribution < -0.4 is 14.2 Å². The number of hydrogen-bond acceptors (Lipinski definition) is 4. The predicted octanol–water partition coefficient (Wildman–Crippen LogP) is 2.50. The monoisotopic (exact) mass is 369 g/mol. The van der Waals surface area contributed by atoms with Crippen LogP contribution in [0.5, 0.6) is 11.5 Å². The van der Waals surface area contributed by atoms with E-state index in [1.165, 1.54) is 0 Å². The van der Waals surface area contributed by atoms with E-state index in [-0.39, 0.29) is 19.1 Å². The Hall–Kier alpha value is -2.19. The van der Waals surface area contributed by atoms with E-state index in [4.69, 9.17) is 9.47 Å². The molecule has 1 heterocycles. The first-order valence-electron chi connectivity index (χ1n) is 7.64. The Morgan fingerprint density at radius 1 is 1.20 bits per heavy atom. The number of hydrogen-bond donors (Lipinski definition) is 1. The number of methoxy groups -OCH3 is 1. The van der Waals surface area contributed by atoms with Crippen LogP contribution in [0.15, 0.2) is 41.3 Å². The van der Waals surface area contributed by atoms with E-state index in [1.54, 1.807) is 13.2 Å². The molecule has 0 saturated heterocycles. The van der Waals surface area contributed by atoms with E-state index >= 15 is 0 Å². The normalized spacial score (nSPS) is 16.8. The van der Waals surface area contributed by atoms with E-state index in [2.05, 4.69) is 4.72 Å². The summed E-state index contributed by atoms with van der Waals surface area (Å²) in [5, 5.41) is 0. The fourth-order valence-electron chi connectivity index (χ4n) is 2.79. The standard InChI is InChI=1S/C17H17F2NO4S/c1-23-15-7-2-4-12-8-11(10-24-16(12)15)9-20-25(21,22)17-13(18)5-3-6-14(17)19/h2-7,11,20H,8-10H2,1H3/t11-/m0/s1. The van der Waals surface area contributed by atoms with Gasteiger partial charge in [0.1, 0.15) is 11.6 Å². The number of nitrogens with one attached hydrogen (secondary N) is 1. The fraction of sp³-hybridized carbons (Fsp3) is 0.294. The first-order valence-corrected chi connectivity index (χ1v) is 9.13. The Balaban J connectivity index is 1.72. The van der Waals surface area contributed by atoms with Gasteiger partial charge in [0, 0.05) is 12.5 Å². The van der Waals surface area contributed by atoms with Crippen LogP contribution in [-0.4, -0.2) is 28.7 Å². The topological polar surface area (TPSA) is 64.6 Å². The van der Waals surface area contributed by atoms with Gasteiger partial charge >= 0.3 is 0 Å². The van der Waals surface area contributed by atoms with Crippen molar-refractivity contribution < 1.29 is 26.7 Å². The van der Waals surface area contributed by atoms with Gasteiger partial charge in [-0.25, -0.2) is 21.9 Å². The van der Waals surface area contributed by atoms with Crippen molar-refractivity contribution in [3.05, 3.63) is 53.6 Å². The molecule has 2 aromatic carbocycles. The van der Waals surface area contributed by atoms with Gasteiger partial charge in [-0.3, -0.25) is 0 Å². The lowest BCUT2D eigenvalue weighted by Gasteiger charge is -2.26. The quantitative estimate of drug-likeness (QED) is 0.880. The molecule has 0 spiro atoms. The summed E-state index contributed by atoms with van der Waals surface area (Å²) in [5.41, 5.74) is 0.895. The van der Waals surface area contributed by atoms with Gasteiger partial charge in [-0.15, -0.1) is 0 Å². The lowest BCUT2D eigenvalue weighted by Crippen LogP contribution is -2.35. The van der Waals surface area contributed by atoms with Gasteiger partial charge in [0.05, 0.1) is 13.7 Å². The molecule has 2 aromatic rings. The summed E-state index contributed by atoms with van der Waals surface area (Å²) in [4.78, 5) is -0.964. The molecule has 0 saturated carbocycles. The van der Waals surface area contributed by atoms with Crippen molar-refractivity contribution in [3.63, 3.8) is 0 Å². The second kappa shape index (κ2) is 6.97. The molecule has 1 aliphatic rings. The van der Waals surface area contributed by atoms with E-state index in [0.717, 1.165) is 23.8 Å². The van der Waals surface area contributed by atoms with E-state index in [1.807, 2.05) is 12.1 Å². The summed E-state index contributed by atoms with van der Waals surface area (Å²) in [6, 6.07) is 8.40. The molecule has 8 heteroatoms. The van der Waals surface area contributed by atoms with Crippen molar-refractivity contribution in [3.8, 4) is 11.5 Å². The Morgan fingerprint density at radius 3 is 2.56 bits per heavy atom. The van der Waals surface area contributed by atoms with Crippen LogP contribution in [0.4, 0.5) is 8.78 Å². The molecule has 0 radical (unpaired) electrons. The number of para-hydroxylation sites is 1. The molecule has 0 amide bonds. The van der Waals surface area contributed by atoms with Gasteiger partial charge in [0.15, 0.2) is 16.4 Å². The van der Waals surface area contributed by atoms with Gasteiger partial charge in [-0.2, -0.15) is 0 Å². The van der Waals surface area contributed by atoms with E-state index in [9.17, 15) is 17.2 Å². The molecule has 5 nitrogen and oxygen atoms in total. The minimum Gasteiger partial charge on any atom is -0.493 e. The van der Waals surface area contributed by atoms with Crippen molar-refractivity contribution in [2.45, 2.75) is 11.3 Å². The summed E-state index contributed by atoms with van der Waals surface area (Å²) >= 11 is 0. The van der Waals surface area contributed by atoms with Crippen LogP contribution in [-0.2, 0) is 16.4 Å². The van der Waals surface area contributed by atoms with Crippen LogP contribution in [0.2, 0.25) is 0 Å². The highest BCUT2D eigenvalue weighted by Crippen LogP contribution is 2.35. The Labute approximate surface area is 144 Å². The van der Waals surface area contributed by atoms with E-state index in [0.29, 0.717) is 17.9 Å². The van der Waals surface area contributed by atoms with Gasteiger partial charge in [-0.05, 0) is 30.2 Å². The number of ether oxygens (including phenoxy) is 2. The van der Waals surface area contributed by atoms with Gasteiger partial charge in [0.2, 0.25) is 10.0 Å². The van der Waals surface area contributed by atoms with Crippen molar-refractivity contribution in [2.24, 2.45) is 5.92 Å². The lowest BCUT2D eigenvalue weighted by atomic mass is 9.96. The molecule has 0 aromatic heterocycles. The number of benzene rings is 2. The number of rotatable bonds is 5. The molecule has 134 valence electrons. The summed E-state index contributed by atoms with van der Waals surface area (Å²) in [6.45, 7) is 0.280. The highest BCUT2D eigenvalue weighted by Gasteiger charge is 2.27. The molecular formula is C17H17F2NO4S. The van der Waals surface area contributed by atoms with Crippen molar-refractivity contribution in [1.82, 2.24) is 4.72 Å². The third kappa shape index (κ3) is 3.59. The Kier molecular flexibility index (Phi) is 4.91. The number of halogens is 2. The largest absolute Gasteiger partial charge is 0.493 e. The predicted molar refractivity (Wildman–Crippen MR) is 87.2 cm³/mol. The summed E-state index contributed by atoms with van der Waals surface area (Å²) in [6.07, 6.45) is 0.564. The van der Waals surface area contributed by atoms with Crippen LogP contribution in [0, 0.1) is 17.6 Å². The molecule has 3 rings (SSSR count). The average Bonchev–Trinajstić information content (AvgIpc) is 2.59. The first kappa shape index (κ1) is 17.6. The van der Waals surface area contributed by atoms with Crippen LogP contribution >= 0.6 is 0 Å². The maximum atomic E-state index is 13.7. The zero-order valence-electron chi connectivity index (χ0n) is 13.5. The number of sulfonamides is 1. The summed E-state index contributed by atoms with van der Waals surface area (Å²) in [5.74, 6) is -1.15. The zero-order valence-corrected chi connectivity index (χ0v) is 14.3. The maximum Gasteiger partial charge on any atom is 0.246 e. The Bertz CT molecular complexity index is 866. The summed E-state index contributed by atoms with van der Waals surface area (Å²) < 4.78 is 65.0. The average molecular weight is 369 g/mol. The van der Waals surface area contributed by atoms with Crippen LogP contribution in [0.1, 0.15) is 5.56 Å². The zero-order chi connectivity index (χ0) is 18.0. The number of fused-ring (bicyclic) bond motifs is 1. The highest BCUT2D eigenvalue weighted by molar-refractivity contribution is 7.89. The van der Waals surface area contributed by atoms with Crippen LogP contribution in [0.3, 0.4) is 0 Å². The second-order valence-corrected chi connectivity index (χ2v) is 7.44. The molecule has 0 unspecified atom stereocenters. The maximum absolute atomic E-state index is 13.7. The highest BCUT2D eigenvalue weighted by atomic mass is 32.2. The molecule has 25 heavy (non-hydrogen) atoms. The molecule has 0 aliphatic carbocycles. The van der Waals surface area contributed by atoms with Crippen LogP contribution in [0.25, 0.3) is 0 Å². The summed E-state index contributed by atoms with van der Waals surface area (Å²) in [7, 11) is -2.75. The van der Waals surface area contributed by atoms with Crippen molar-refractivity contribution in [2.75, 3.05) is 20.3 Å². The van der Waals surface area contributed by atoms with Crippen molar-refractivity contribution in [1.29, 1.82) is 0 Å². The van der Waals surface area contributed by atoms with E-state index < -0.39 is 26.6 Å². The fourth-order valence-corrected chi connectivity index (χ4v) is 4.04. The van der Waals surface area contributed by atoms with Gasteiger partial charge < -0.3 is 9.47 Å². The molecule has 1 atom stereocenters. The van der Waals surface area contributed by atoms with Crippen molar-refractivity contribution >= 4 is 10.0 Å². The molecule has 0 bridgehead atoms. The minimum atomic E-state index is -4.29. The molecular weight excluding hydrogens is 352 g/mol. The van der Waals surface area contributed by atoms with Gasteiger partial charge in [-0.1, -0.05) is 18.2 Å². The van der Waals surface area contributed by atoms with Gasteiger partial charge in [0.25, 0.3) is 0 Å². The molecule has 1 aliphatic heterocycles. The molecule has 0 fully saturated rings. The third-order valence-electron chi connectivity index (χ3n) is 4.00. The second-order valence-electron chi connectivity index (χ2n) is 5.73. The first-order chi connectivity index (χ1) is 11.9. The third-order valence-corrected chi connectivity index (χ3v) is 5.48. The lowest BCUT2D eigenvalue weighted by molar-refractivity contribution is 0.213. The SMILES string of the molecule is COc1cccc2c1OC[C@H](CNS(=O)(=O)c1c(F)cccc1F)C2. The minimum absolute atomic E-state index is 0.00670. The smallest absolute Gasteiger partial charge is 0.246 e. The Morgan fingerprint density at radius 2 is 1.88 bits per heavy atom.